The van der Waals surface area contributed by atoms with Crippen LogP contribution in [-0.2, 0) is 11.3 Å². The van der Waals surface area contributed by atoms with Gasteiger partial charge in [-0.15, -0.1) is 6.42 Å². The number of rotatable bonds is 4. The van der Waals surface area contributed by atoms with Gasteiger partial charge in [0.25, 0.3) is 0 Å². The molecular formula is C11H10O2. The Morgan fingerprint density at radius 1 is 1.38 bits per heavy atom. The summed E-state index contributed by atoms with van der Waals surface area (Å²) in [6.45, 7) is 0.804. The first-order chi connectivity index (χ1) is 6.36. The molecule has 0 saturated carbocycles. The normalized spacial score (nSPS) is 9.15. The Morgan fingerprint density at radius 2 is 2.08 bits per heavy atom. The van der Waals surface area contributed by atoms with Crippen molar-refractivity contribution in [2.24, 2.45) is 0 Å². The Hall–Kier alpha value is -1.59. The highest BCUT2D eigenvalue weighted by Crippen LogP contribution is 2.03. The van der Waals surface area contributed by atoms with Crippen LogP contribution in [0.25, 0.3) is 0 Å². The molecule has 0 amide bonds. The van der Waals surface area contributed by atoms with Crippen molar-refractivity contribution in [1.29, 1.82) is 0 Å². The highest BCUT2D eigenvalue weighted by Gasteiger charge is 1.92. The zero-order chi connectivity index (χ0) is 9.52. The van der Waals surface area contributed by atoms with E-state index >= 15 is 0 Å². The van der Waals surface area contributed by atoms with Crippen molar-refractivity contribution in [2.75, 3.05) is 6.61 Å². The monoisotopic (exact) mass is 174 g/mol. The third-order valence-corrected chi connectivity index (χ3v) is 1.57. The fraction of sp³-hybridized carbons (Fsp3) is 0.182. The van der Waals surface area contributed by atoms with Gasteiger partial charge in [-0.1, -0.05) is 30.2 Å². The van der Waals surface area contributed by atoms with Crippen molar-refractivity contribution in [3.05, 3.63) is 35.4 Å². The van der Waals surface area contributed by atoms with E-state index in [1.54, 1.807) is 12.1 Å². The third-order valence-electron chi connectivity index (χ3n) is 1.57. The molecule has 0 aromatic heterocycles. The average Bonchev–Trinajstić information content (AvgIpc) is 2.19. The van der Waals surface area contributed by atoms with Gasteiger partial charge in [0.2, 0.25) is 0 Å². The summed E-state index contributed by atoms with van der Waals surface area (Å²) in [5, 5.41) is 0. The first kappa shape index (κ1) is 9.50. The van der Waals surface area contributed by atoms with Gasteiger partial charge >= 0.3 is 0 Å². The number of carbonyl (C=O) groups excluding carboxylic acids is 1. The average molecular weight is 174 g/mol. The van der Waals surface area contributed by atoms with E-state index in [4.69, 9.17) is 11.2 Å². The van der Waals surface area contributed by atoms with Gasteiger partial charge in [0.15, 0.2) is 0 Å². The van der Waals surface area contributed by atoms with Crippen LogP contribution < -0.4 is 0 Å². The van der Waals surface area contributed by atoms with Crippen molar-refractivity contribution in [3.8, 4) is 12.3 Å². The van der Waals surface area contributed by atoms with E-state index in [0.717, 1.165) is 11.8 Å². The van der Waals surface area contributed by atoms with E-state index in [2.05, 4.69) is 5.92 Å². The molecule has 0 spiro atoms. The lowest BCUT2D eigenvalue weighted by molar-refractivity contribution is 0.112. The Morgan fingerprint density at radius 3 is 2.62 bits per heavy atom. The number of ether oxygens (including phenoxy) is 1. The maximum Gasteiger partial charge on any atom is 0.150 e. The van der Waals surface area contributed by atoms with Crippen molar-refractivity contribution in [2.45, 2.75) is 6.61 Å². The largest absolute Gasteiger partial charge is 0.364 e. The van der Waals surface area contributed by atoms with Crippen molar-refractivity contribution in [1.82, 2.24) is 0 Å². The summed E-state index contributed by atoms with van der Waals surface area (Å²) in [7, 11) is 0. The number of aldehydes is 1. The van der Waals surface area contributed by atoms with Gasteiger partial charge in [-0.25, -0.2) is 0 Å². The standard InChI is InChI=1S/C11H10O2/c1-2-7-13-9-11-5-3-10(8-12)4-6-11/h1,3-6,8H,7,9H2. The van der Waals surface area contributed by atoms with Crippen molar-refractivity contribution in [3.63, 3.8) is 0 Å². The molecule has 1 aromatic rings. The topological polar surface area (TPSA) is 26.3 Å². The van der Waals surface area contributed by atoms with Gasteiger partial charge in [0.05, 0.1) is 6.61 Å². The highest BCUT2D eigenvalue weighted by molar-refractivity contribution is 5.74. The van der Waals surface area contributed by atoms with Crippen LogP contribution in [0.4, 0.5) is 0 Å². The predicted molar refractivity (Wildman–Crippen MR) is 50.3 cm³/mol. The first-order valence-electron chi connectivity index (χ1n) is 3.92. The van der Waals surface area contributed by atoms with Gasteiger partial charge in [0, 0.05) is 5.56 Å². The van der Waals surface area contributed by atoms with Crippen LogP contribution in [-0.4, -0.2) is 12.9 Å². The van der Waals surface area contributed by atoms with Gasteiger partial charge in [0.1, 0.15) is 12.9 Å². The van der Waals surface area contributed by atoms with E-state index < -0.39 is 0 Å². The van der Waals surface area contributed by atoms with E-state index in [-0.39, 0.29) is 0 Å². The molecule has 0 bridgehead atoms. The fourth-order valence-corrected chi connectivity index (χ4v) is 0.920. The molecule has 0 aliphatic carbocycles. The van der Waals surface area contributed by atoms with E-state index in [0.29, 0.717) is 18.8 Å². The molecule has 0 N–H and O–H groups in total. The Bertz CT molecular complexity index is 306. The molecule has 1 aromatic carbocycles. The molecule has 0 fully saturated rings. The summed E-state index contributed by atoms with van der Waals surface area (Å²) >= 11 is 0. The van der Waals surface area contributed by atoms with Crippen LogP contribution in [0.2, 0.25) is 0 Å². The summed E-state index contributed by atoms with van der Waals surface area (Å²) in [6.07, 6.45) is 5.83. The zero-order valence-corrected chi connectivity index (χ0v) is 7.19. The molecule has 66 valence electrons. The number of terminal acetylenes is 1. The lowest BCUT2D eigenvalue weighted by Crippen LogP contribution is -1.92. The van der Waals surface area contributed by atoms with E-state index in [1.165, 1.54) is 0 Å². The number of hydrogen-bond acceptors (Lipinski definition) is 2. The summed E-state index contributed by atoms with van der Waals surface area (Å²) in [4.78, 5) is 10.3. The van der Waals surface area contributed by atoms with E-state index in [9.17, 15) is 4.79 Å². The minimum Gasteiger partial charge on any atom is -0.364 e. The Labute approximate surface area is 77.5 Å². The summed E-state index contributed by atoms with van der Waals surface area (Å²) in [5.74, 6) is 2.38. The third kappa shape index (κ3) is 3.10. The highest BCUT2D eigenvalue weighted by atomic mass is 16.5. The summed E-state index contributed by atoms with van der Waals surface area (Å²) < 4.78 is 5.12. The fourth-order valence-electron chi connectivity index (χ4n) is 0.920. The molecule has 2 heteroatoms. The minimum absolute atomic E-state index is 0.315. The second kappa shape index (κ2) is 5.13. The second-order valence-corrected chi connectivity index (χ2v) is 2.56. The quantitative estimate of drug-likeness (QED) is 0.394. The Kier molecular flexibility index (Phi) is 3.74. The van der Waals surface area contributed by atoms with Crippen LogP contribution in [0.15, 0.2) is 24.3 Å². The molecule has 0 aliphatic rings. The summed E-state index contributed by atoms with van der Waals surface area (Å²) in [5.41, 5.74) is 1.68. The first-order valence-corrected chi connectivity index (χ1v) is 3.92. The molecule has 0 saturated heterocycles. The molecule has 0 atom stereocenters. The molecule has 0 heterocycles. The van der Waals surface area contributed by atoms with E-state index in [1.807, 2.05) is 12.1 Å². The molecule has 1 rings (SSSR count). The van der Waals surface area contributed by atoms with Crippen LogP contribution in [0.3, 0.4) is 0 Å². The molecule has 0 unspecified atom stereocenters. The van der Waals surface area contributed by atoms with Crippen molar-refractivity contribution < 1.29 is 9.53 Å². The number of benzene rings is 1. The molecular weight excluding hydrogens is 164 g/mol. The van der Waals surface area contributed by atoms with Gasteiger partial charge in [-0.2, -0.15) is 0 Å². The number of hydrogen-bond donors (Lipinski definition) is 0. The maximum atomic E-state index is 10.3. The molecule has 2 nitrogen and oxygen atoms in total. The molecule has 13 heavy (non-hydrogen) atoms. The van der Waals surface area contributed by atoms with Gasteiger partial charge < -0.3 is 4.74 Å². The number of carbonyl (C=O) groups is 1. The maximum absolute atomic E-state index is 10.3. The predicted octanol–water partition coefficient (Wildman–Crippen LogP) is 1.65. The van der Waals surface area contributed by atoms with Gasteiger partial charge in [-0.05, 0) is 5.56 Å². The minimum atomic E-state index is 0.315. The second-order valence-electron chi connectivity index (χ2n) is 2.56. The SMILES string of the molecule is C#CCOCc1ccc(C=O)cc1. The van der Waals surface area contributed by atoms with Crippen LogP contribution >= 0.6 is 0 Å². The van der Waals surface area contributed by atoms with Crippen LogP contribution in [0.1, 0.15) is 15.9 Å². The van der Waals surface area contributed by atoms with Gasteiger partial charge in [-0.3, -0.25) is 4.79 Å². The smallest absolute Gasteiger partial charge is 0.150 e. The lowest BCUT2D eigenvalue weighted by Gasteiger charge is -2.00. The lowest BCUT2D eigenvalue weighted by atomic mass is 10.2. The summed E-state index contributed by atoms with van der Waals surface area (Å²) in [6, 6.07) is 7.20. The van der Waals surface area contributed by atoms with Crippen LogP contribution in [0, 0.1) is 12.3 Å². The molecule has 0 aliphatic heterocycles. The Balaban J connectivity index is 2.50. The van der Waals surface area contributed by atoms with Crippen LogP contribution in [0.5, 0.6) is 0 Å². The zero-order valence-electron chi connectivity index (χ0n) is 7.19. The molecule has 0 radical (unpaired) electrons. The van der Waals surface area contributed by atoms with Crippen molar-refractivity contribution >= 4 is 6.29 Å².